The van der Waals surface area contributed by atoms with Gasteiger partial charge in [0.25, 0.3) is 0 Å². The number of amides is 2. The molecule has 0 heterocycles. The molecule has 0 radical (unpaired) electrons. The Bertz CT molecular complexity index is 1050. The molecule has 1 unspecified atom stereocenters. The smallest absolute Gasteiger partial charge is 0.244 e. The number of sulfonamides is 1. The third-order valence-electron chi connectivity index (χ3n) is 5.45. The highest BCUT2D eigenvalue weighted by Crippen LogP contribution is 2.21. The van der Waals surface area contributed by atoms with Crippen LogP contribution >= 0.6 is 0 Å². The second-order valence-electron chi connectivity index (χ2n) is 8.19. The second kappa shape index (κ2) is 12.4. The minimum absolute atomic E-state index is 0.159. The minimum atomic E-state index is -3.74. The molecule has 2 aromatic carbocycles. The summed E-state index contributed by atoms with van der Waals surface area (Å²) < 4.78 is 31.4. The zero-order chi connectivity index (χ0) is 25.3. The number of anilines is 1. The first-order valence-electron chi connectivity index (χ1n) is 11.3. The first-order chi connectivity index (χ1) is 16.1. The van der Waals surface area contributed by atoms with E-state index in [9.17, 15) is 18.0 Å². The van der Waals surface area contributed by atoms with E-state index in [-0.39, 0.29) is 12.5 Å². The topological polar surface area (TPSA) is 96.0 Å². The lowest BCUT2D eigenvalue weighted by molar-refractivity contribution is -0.140. The van der Waals surface area contributed by atoms with Gasteiger partial charge in [0.1, 0.15) is 18.3 Å². The van der Waals surface area contributed by atoms with Crippen LogP contribution in [0.2, 0.25) is 0 Å². The Morgan fingerprint density at radius 2 is 1.65 bits per heavy atom. The molecular formula is C25H35N3O5S. The van der Waals surface area contributed by atoms with E-state index in [4.69, 9.17) is 4.74 Å². The minimum Gasteiger partial charge on any atom is -0.497 e. The van der Waals surface area contributed by atoms with Crippen molar-refractivity contribution >= 4 is 27.5 Å². The van der Waals surface area contributed by atoms with Crippen molar-refractivity contribution in [2.75, 3.05) is 30.8 Å². The summed E-state index contributed by atoms with van der Waals surface area (Å²) in [6.07, 6.45) is 2.23. The number of ether oxygens (including phenoxy) is 1. The summed E-state index contributed by atoms with van der Waals surface area (Å²) in [7, 11) is -2.17. The predicted molar refractivity (Wildman–Crippen MR) is 134 cm³/mol. The van der Waals surface area contributed by atoms with E-state index in [1.54, 1.807) is 43.5 Å². The molecule has 0 aromatic heterocycles. The molecule has 0 fully saturated rings. The quantitative estimate of drug-likeness (QED) is 0.494. The fourth-order valence-electron chi connectivity index (χ4n) is 3.54. The van der Waals surface area contributed by atoms with Gasteiger partial charge in [0.15, 0.2) is 0 Å². The molecule has 0 spiro atoms. The summed E-state index contributed by atoms with van der Waals surface area (Å²) in [5, 5.41) is 2.86. The largest absolute Gasteiger partial charge is 0.497 e. The molecule has 0 saturated heterocycles. The first kappa shape index (κ1) is 27.2. The number of aryl methyl sites for hydroxylation is 1. The maximum Gasteiger partial charge on any atom is 0.244 e. The van der Waals surface area contributed by atoms with Crippen LogP contribution in [0.15, 0.2) is 48.5 Å². The fourth-order valence-corrected chi connectivity index (χ4v) is 4.39. The van der Waals surface area contributed by atoms with Crippen molar-refractivity contribution < 1.29 is 22.7 Å². The second-order valence-corrected chi connectivity index (χ2v) is 10.1. The van der Waals surface area contributed by atoms with Crippen molar-refractivity contribution in [1.29, 1.82) is 0 Å². The molecular weight excluding hydrogens is 454 g/mol. The van der Waals surface area contributed by atoms with Crippen LogP contribution in [0.5, 0.6) is 5.75 Å². The summed E-state index contributed by atoms with van der Waals surface area (Å²) in [5.41, 5.74) is 2.18. The SMILES string of the molecule is CCCNC(=O)C(CC)N(Cc1ccc(OC)cc1)C(=O)CN(c1ccc(C)cc1)S(C)(=O)=O. The van der Waals surface area contributed by atoms with Crippen LogP contribution in [0.4, 0.5) is 5.69 Å². The van der Waals surface area contributed by atoms with Gasteiger partial charge in [-0.05, 0) is 49.6 Å². The Hall–Kier alpha value is -3.07. The van der Waals surface area contributed by atoms with Crippen LogP contribution in [-0.4, -0.2) is 57.6 Å². The molecule has 186 valence electrons. The Labute approximate surface area is 202 Å². The Morgan fingerprint density at radius 3 is 2.15 bits per heavy atom. The van der Waals surface area contributed by atoms with Gasteiger partial charge in [-0.1, -0.05) is 43.7 Å². The van der Waals surface area contributed by atoms with Crippen LogP contribution in [0.25, 0.3) is 0 Å². The summed E-state index contributed by atoms with van der Waals surface area (Å²) in [4.78, 5) is 27.9. The van der Waals surface area contributed by atoms with E-state index in [0.717, 1.165) is 28.1 Å². The number of carbonyl (C=O) groups excluding carboxylic acids is 2. The molecule has 9 heteroatoms. The van der Waals surface area contributed by atoms with Gasteiger partial charge in [0, 0.05) is 13.1 Å². The van der Waals surface area contributed by atoms with Crippen LogP contribution in [0.1, 0.15) is 37.8 Å². The molecule has 0 saturated carbocycles. The van der Waals surface area contributed by atoms with Gasteiger partial charge in [-0.25, -0.2) is 8.42 Å². The summed E-state index contributed by atoms with van der Waals surface area (Å²) in [6.45, 7) is 5.93. The molecule has 34 heavy (non-hydrogen) atoms. The van der Waals surface area contributed by atoms with Gasteiger partial charge in [-0.2, -0.15) is 0 Å². The Kier molecular flexibility index (Phi) is 9.92. The van der Waals surface area contributed by atoms with E-state index in [0.29, 0.717) is 24.4 Å². The van der Waals surface area contributed by atoms with Gasteiger partial charge in [0.05, 0.1) is 19.1 Å². The number of nitrogens with one attached hydrogen (secondary N) is 1. The van der Waals surface area contributed by atoms with Crippen molar-refractivity contribution in [3.63, 3.8) is 0 Å². The summed E-state index contributed by atoms with van der Waals surface area (Å²) >= 11 is 0. The van der Waals surface area contributed by atoms with E-state index in [1.165, 1.54) is 4.90 Å². The van der Waals surface area contributed by atoms with E-state index in [2.05, 4.69) is 5.32 Å². The van der Waals surface area contributed by atoms with Crippen molar-refractivity contribution in [2.45, 2.75) is 46.2 Å². The molecule has 1 atom stereocenters. The number of benzene rings is 2. The maximum atomic E-state index is 13.6. The molecule has 0 bridgehead atoms. The lowest BCUT2D eigenvalue weighted by Crippen LogP contribution is -2.52. The first-order valence-corrected chi connectivity index (χ1v) is 13.2. The van der Waals surface area contributed by atoms with Gasteiger partial charge >= 0.3 is 0 Å². The average molecular weight is 490 g/mol. The Morgan fingerprint density at radius 1 is 1.03 bits per heavy atom. The van der Waals surface area contributed by atoms with Crippen LogP contribution in [-0.2, 0) is 26.2 Å². The van der Waals surface area contributed by atoms with Gasteiger partial charge in [-0.3, -0.25) is 13.9 Å². The average Bonchev–Trinajstić information content (AvgIpc) is 2.81. The number of methoxy groups -OCH3 is 1. The number of nitrogens with zero attached hydrogens (tertiary/aromatic N) is 2. The molecule has 8 nitrogen and oxygen atoms in total. The number of hydrogen-bond acceptors (Lipinski definition) is 5. The lowest BCUT2D eigenvalue weighted by atomic mass is 10.1. The zero-order valence-electron chi connectivity index (χ0n) is 20.6. The van der Waals surface area contributed by atoms with Crippen molar-refractivity contribution in [1.82, 2.24) is 10.2 Å². The molecule has 0 aliphatic heterocycles. The molecule has 2 amide bonds. The maximum absolute atomic E-state index is 13.6. The molecule has 0 aliphatic rings. The molecule has 2 aromatic rings. The van der Waals surface area contributed by atoms with Crippen molar-refractivity contribution in [2.24, 2.45) is 0 Å². The third kappa shape index (κ3) is 7.48. The lowest BCUT2D eigenvalue weighted by Gasteiger charge is -2.33. The van der Waals surface area contributed by atoms with Crippen molar-refractivity contribution in [3.05, 3.63) is 59.7 Å². The van der Waals surface area contributed by atoms with Crippen LogP contribution < -0.4 is 14.4 Å². The highest BCUT2D eigenvalue weighted by molar-refractivity contribution is 7.92. The van der Waals surface area contributed by atoms with Crippen molar-refractivity contribution in [3.8, 4) is 5.75 Å². The highest BCUT2D eigenvalue weighted by Gasteiger charge is 2.31. The standard InChI is InChI=1S/C25H35N3O5S/c1-6-16-26-25(30)23(7-2)27(17-20-10-14-22(33-4)15-11-20)24(29)18-28(34(5,31)32)21-12-8-19(3)9-13-21/h8-15,23H,6-7,16-18H2,1-5H3,(H,26,30). The van der Waals surface area contributed by atoms with E-state index in [1.807, 2.05) is 32.9 Å². The molecule has 1 N–H and O–H groups in total. The van der Waals surface area contributed by atoms with E-state index < -0.39 is 28.5 Å². The highest BCUT2D eigenvalue weighted by atomic mass is 32.2. The third-order valence-corrected chi connectivity index (χ3v) is 6.59. The van der Waals surface area contributed by atoms with Gasteiger partial charge in [0.2, 0.25) is 21.8 Å². The monoisotopic (exact) mass is 489 g/mol. The zero-order valence-corrected chi connectivity index (χ0v) is 21.4. The number of carbonyl (C=O) groups is 2. The van der Waals surface area contributed by atoms with E-state index >= 15 is 0 Å². The Balaban J connectivity index is 2.40. The molecule has 0 aliphatic carbocycles. The van der Waals surface area contributed by atoms with Gasteiger partial charge in [-0.15, -0.1) is 0 Å². The molecule has 2 rings (SSSR count). The van der Waals surface area contributed by atoms with Gasteiger partial charge < -0.3 is 15.0 Å². The van der Waals surface area contributed by atoms with Crippen LogP contribution in [0.3, 0.4) is 0 Å². The number of rotatable bonds is 12. The normalized spacial score (nSPS) is 12.0. The fraction of sp³-hybridized carbons (Fsp3) is 0.440. The number of hydrogen-bond donors (Lipinski definition) is 1. The van der Waals surface area contributed by atoms with Crippen LogP contribution in [0, 0.1) is 6.92 Å². The predicted octanol–water partition coefficient (Wildman–Crippen LogP) is 3.10. The summed E-state index contributed by atoms with van der Waals surface area (Å²) in [6, 6.07) is 13.4. The summed E-state index contributed by atoms with van der Waals surface area (Å²) in [5.74, 6) is -0.0373.